The summed E-state index contributed by atoms with van der Waals surface area (Å²) in [7, 11) is 0. The molecule has 1 aromatic carbocycles. The van der Waals surface area contributed by atoms with Gasteiger partial charge in [0.25, 0.3) is 0 Å². The van der Waals surface area contributed by atoms with Crippen molar-refractivity contribution in [3.63, 3.8) is 0 Å². The number of para-hydroxylation sites is 1. The number of carbonyl (C=O) groups is 2. The number of amides is 1. The first kappa shape index (κ1) is 25.2. The van der Waals surface area contributed by atoms with E-state index in [2.05, 4.69) is 25.4 Å². The zero-order valence-electron chi connectivity index (χ0n) is 19.2. The summed E-state index contributed by atoms with van der Waals surface area (Å²) in [5.41, 5.74) is 18.0. The van der Waals surface area contributed by atoms with Crippen molar-refractivity contribution in [1.29, 1.82) is 0 Å². The molecule has 0 saturated carbocycles. The second kappa shape index (κ2) is 12.7. The number of aromatic nitrogens is 1. The Morgan fingerprint density at radius 2 is 1.82 bits per heavy atom. The van der Waals surface area contributed by atoms with Crippen LogP contribution in [0.2, 0.25) is 0 Å². The van der Waals surface area contributed by atoms with Crippen LogP contribution in [0.5, 0.6) is 5.75 Å². The van der Waals surface area contributed by atoms with Crippen LogP contribution in [0.15, 0.2) is 46.6 Å². The van der Waals surface area contributed by atoms with Gasteiger partial charge in [0, 0.05) is 0 Å². The molecule has 2 aromatic rings. The molecule has 7 N–H and O–H groups in total. The van der Waals surface area contributed by atoms with Gasteiger partial charge in [-0.2, -0.15) is 0 Å². The molecular weight excluding hydrogens is 436 g/mol. The summed E-state index contributed by atoms with van der Waals surface area (Å²) in [6.07, 6.45) is 4.31. The molecule has 0 radical (unpaired) electrons. The number of nitrogens with two attached hydrogens (primary N) is 3. The third-order valence-electron chi connectivity index (χ3n) is 5.37. The smallest absolute Gasteiger partial charge is 0.325 e. The van der Waals surface area contributed by atoms with E-state index >= 15 is 0 Å². The lowest BCUT2D eigenvalue weighted by Gasteiger charge is -2.13. The maximum Gasteiger partial charge on any atom is 0.325 e. The minimum absolute atomic E-state index is 0.0850. The Bertz CT molecular complexity index is 1010. The molecule has 1 fully saturated rings. The van der Waals surface area contributed by atoms with Crippen LogP contribution in [0, 0.1) is 0 Å². The van der Waals surface area contributed by atoms with Gasteiger partial charge in [0.2, 0.25) is 5.91 Å². The summed E-state index contributed by atoms with van der Waals surface area (Å²) >= 11 is 0. The van der Waals surface area contributed by atoms with Gasteiger partial charge in [0.15, 0.2) is 11.6 Å². The molecule has 1 atom stereocenters. The summed E-state index contributed by atoms with van der Waals surface area (Å²) in [4.78, 5) is 30.7. The predicted octanol–water partition coefficient (Wildman–Crippen LogP) is 2.48. The summed E-state index contributed by atoms with van der Waals surface area (Å²) in [5.74, 6) is -0.0155. The van der Waals surface area contributed by atoms with Crippen LogP contribution in [-0.4, -0.2) is 54.0 Å². The third kappa shape index (κ3) is 7.58. The van der Waals surface area contributed by atoms with Crippen molar-refractivity contribution in [3.8, 4) is 5.75 Å². The molecule has 1 saturated heterocycles. The van der Waals surface area contributed by atoms with Gasteiger partial charge in [0.05, 0.1) is 12.6 Å². The van der Waals surface area contributed by atoms with Crippen LogP contribution in [0.25, 0.3) is 0 Å². The van der Waals surface area contributed by atoms with Crippen molar-refractivity contribution < 1.29 is 14.3 Å². The van der Waals surface area contributed by atoms with Crippen molar-refractivity contribution in [2.24, 2.45) is 21.7 Å². The number of likely N-dealkylation sites (tertiary alicyclic amines) is 1. The summed E-state index contributed by atoms with van der Waals surface area (Å²) < 4.78 is 5.50. The molecule has 1 aliphatic rings. The Morgan fingerprint density at radius 3 is 2.56 bits per heavy atom. The molecule has 3 rings (SSSR count). The number of benzene rings is 1. The molecule has 34 heavy (non-hydrogen) atoms. The molecule has 11 heteroatoms. The first-order valence-electron chi connectivity index (χ1n) is 11.4. The van der Waals surface area contributed by atoms with Gasteiger partial charge >= 0.3 is 5.97 Å². The standard InChI is InChI=1S/C23H32N8O3/c24-12-4-3-7-16(25)23(33)28-20-11-10-18(22(26)27-20)30-29-17-8-1-2-9-19(17)34-21(32)15-31-13-5-6-14-31/h1-2,8-11,16H,3-7,12-15,24-25H2,(H3,26,27,28,33)/t16-/m0/s1. The average Bonchev–Trinajstić information content (AvgIpc) is 3.32. The van der Waals surface area contributed by atoms with E-state index in [1.165, 1.54) is 0 Å². The molecule has 0 bridgehead atoms. The number of anilines is 2. The van der Waals surface area contributed by atoms with E-state index in [9.17, 15) is 9.59 Å². The largest absolute Gasteiger partial charge is 0.423 e. The number of nitrogens with one attached hydrogen (secondary N) is 1. The van der Waals surface area contributed by atoms with Gasteiger partial charge in [-0.15, -0.1) is 10.2 Å². The highest BCUT2D eigenvalue weighted by Crippen LogP contribution is 2.30. The number of hydrogen-bond donors (Lipinski definition) is 4. The van der Waals surface area contributed by atoms with Crippen LogP contribution < -0.4 is 27.3 Å². The second-order valence-corrected chi connectivity index (χ2v) is 8.11. The topological polar surface area (TPSA) is 174 Å². The third-order valence-corrected chi connectivity index (χ3v) is 5.37. The predicted molar refractivity (Wildman–Crippen MR) is 130 cm³/mol. The fourth-order valence-electron chi connectivity index (χ4n) is 3.49. The second-order valence-electron chi connectivity index (χ2n) is 8.11. The Kier molecular flexibility index (Phi) is 9.44. The molecular formula is C23H32N8O3. The highest BCUT2D eigenvalue weighted by molar-refractivity contribution is 5.94. The van der Waals surface area contributed by atoms with Crippen LogP contribution in [0.3, 0.4) is 0 Å². The number of esters is 1. The van der Waals surface area contributed by atoms with Crippen molar-refractivity contribution >= 4 is 34.9 Å². The van der Waals surface area contributed by atoms with Crippen molar-refractivity contribution in [2.45, 2.75) is 38.1 Å². The van der Waals surface area contributed by atoms with E-state index in [0.717, 1.165) is 38.8 Å². The number of unbranched alkanes of at least 4 members (excludes halogenated alkanes) is 1. The van der Waals surface area contributed by atoms with Gasteiger partial charge < -0.3 is 27.3 Å². The van der Waals surface area contributed by atoms with Gasteiger partial charge in [-0.05, 0) is 69.6 Å². The highest BCUT2D eigenvalue weighted by Gasteiger charge is 2.18. The van der Waals surface area contributed by atoms with Gasteiger partial charge in [0.1, 0.15) is 17.2 Å². The summed E-state index contributed by atoms with van der Waals surface area (Å²) in [5, 5.41) is 11.0. The Hall–Kier alpha value is -3.41. The molecule has 182 valence electrons. The lowest BCUT2D eigenvalue weighted by molar-refractivity contribution is -0.135. The van der Waals surface area contributed by atoms with Gasteiger partial charge in [-0.25, -0.2) is 4.98 Å². The average molecular weight is 469 g/mol. The Morgan fingerprint density at radius 1 is 1.09 bits per heavy atom. The summed E-state index contributed by atoms with van der Waals surface area (Å²) in [6, 6.07) is 9.37. The van der Waals surface area contributed by atoms with Crippen molar-refractivity contribution in [2.75, 3.05) is 37.2 Å². The van der Waals surface area contributed by atoms with Crippen LogP contribution in [0.1, 0.15) is 32.1 Å². The lowest BCUT2D eigenvalue weighted by Crippen LogP contribution is -2.35. The first-order valence-corrected chi connectivity index (χ1v) is 11.4. The molecule has 1 amide bonds. The molecule has 1 aromatic heterocycles. The van der Waals surface area contributed by atoms with E-state index in [4.69, 9.17) is 21.9 Å². The minimum atomic E-state index is -0.654. The van der Waals surface area contributed by atoms with Crippen molar-refractivity contribution in [3.05, 3.63) is 36.4 Å². The number of pyridine rings is 1. The molecule has 2 heterocycles. The van der Waals surface area contributed by atoms with E-state index < -0.39 is 6.04 Å². The molecule has 11 nitrogen and oxygen atoms in total. The molecule has 0 aliphatic carbocycles. The quantitative estimate of drug-likeness (QED) is 0.168. The number of azo groups is 1. The van der Waals surface area contributed by atoms with Crippen molar-refractivity contribution in [1.82, 2.24) is 9.88 Å². The molecule has 0 unspecified atom stereocenters. The number of ether oxygens (including phenoxy) is 1. The number of rotatable bonds is 11. The normalized spacial score (nSPS) is 14.9. The van der Waals surface area contributed by atoms with E-state index in [-0.39, 0.29) is 30.1 Å². The zero-order chi connectivity index (χ0) is 24.3. The maximum absolute atomic E-state index is 12.3. The maximum atomic E-state index is 12.3. The fourth-order valence-corrected chi connectivity index (χ4v) is 3.49. The summed E-state index contributed by atoms with van der Waals surface area (Å²) in [6.45, 7) is 2.61. The molecule has 1 aliphatic heterocycles. The highest BCUT2D eigenvalue weighted by atomic mass is 16.5. The van der Waals surface area contributed by atoms with Crippen LogP contribution >= 0.6 is 0 Å². The zero-order valence-corrected chi connectivity index (χ0v) is 19.2. The number of hydrogen-bond acceptors (Lipinski definition) is 10. The monoisotopic (exact) mass is 468 g/mol. The Balaban J connectivity index is 1.61. The minimum Gasteiger partial charge on any atom is -0.423 e. The number of nitrogen functional groups attached to an aromatic ring is 1. The van der Waals surface area contributed by atoms with E-state index in [1.54, 1.807) is 36.4 Å². The first-order chi connectivity index (χ1) is 16.5. The van der Waals surface area contributed by atoms with E-state index in [1.807, 2.05) is 0 Å². The SMILES string of the molecule is NCCCC[C@H](N)C(=O)Nc1ccc(N=Nc2ccccc2OC(=O)CN2CCCC2)c(N)n1. The van der Waals surface area contributed by atoms with E-state index in [0.29, 0.717) is 30.1 Å². The van der Waals surface area contributed by atoms with Crippen LogP contribution in [-0.2, 0) is 9.59 Å². The van der Waals surface area contributed by atoms with Crippen LogP contribution in [0.4, 0.5) is 23.0 Å². The number of nitrogens with zero attached hydrogens (tertiary/aromatic N) is 4. The lowest BCUT2D eigenvalue weighted by atomic mass is 10.1. The molecule has 0 spiro atoms. The van der Waals surface area contributed by atoms with Gasteiger partial charge in [-0.3, -0.25) is 14.5 Å². The Labute approximate surface area is 198 Å². The fraction of sp³-hybridized carbons (Fsp3) is 0.435. The number of carbonyl (C=O) groups excluding carboxylic acids is 2. The van der Waals surface area contributed by atoms with Gasteiger partial charge in [-0.1, -0.05) is 18.6 Å².